The summed E-state index contributed by atoms with van der Waals surface area (Å²) < 4.78 is 37.8. The minimum atomic E-state index is -3.67. The fraction of sp³-hybridized carbons (Fsp3) is 0.632. The number of amides is 1. The van der Waals surface area contributed by atoms with Gasteiger partial charge < -0.3 is 19.7 Å². The molecule has 2 aliphatic rings. The third-order valence-corrected chi connectivity index (χ3v) is 6.96. The van der Waals surface area contributed by atoms with Crippen molar-refractivity contribution in [3.63, 3.8) is 0 Å². The topological polar surface area (TPSA) is 88.2 Å². The summed E-state index contributed by atoms with van der Waals surface area (Å²) in [5.74, 6) is -0.287. The van der Waals surface area contributed by atoms with E-state index in [0.29, 0.717) is 38.5 Å². The molecule has 2 heterocycles. The Morgan fingerprint density at radius 1 is 1.21 bits per heavy atom. The lowest BCUT2D eigenvalue weighted by molar-refractivity contribution is 0.0730. The molecule has 2 aliphatic heterocycles. The van der Waals surface area contributed by atoms with Crippen LogP contribution in [0.4, 0.5) is 5.69 Å². The van der Waals surface area contributed by atoms with Gasteiger partial charge in [-0.25, -0.2) is 8.42 Å². The van der Waals surface area contributed by atoms with Crippen LogP contribution < -0.4 is 10.2 Å². The van der Waals surface area contributed by atoms with E-state index in [2.05, 4.69) is 10.2 Å². The number of ether oxygens (including phenoxy) is 2. The van der Waals surface area contributed by atoms with Crippen molar-refractivity contribution >= 4 is 21.6 Å². The average molecular weight is 412 g/mol. The van der Waals surface area contributed by atoms with Crippen molar-refractivity contribution in [2.24, 2.45) is 0 Å². The maximum absolute atomic E-state index is 13.0. The number of carbonyl (C=O) groups excluding carboxylic acids is 1. The van der Waals surface area contributed by atoms with Crippen LogP contribution in [0.1, 0.15) is 30.1 Å². The number of rotatable bonds is 7. The first-order chi connectivity index (χ1) is 13.4. The maximum atomic E-state index is 13.0. The number of morpholine rings is 1. The van der Waals surface area contributed by atoms with Crippen LogP contribution in [-0.4, -0.2) is 77.8 Å². The van der Waals surface area contributed by atoms with Crippen molar-refractivity contribution in [2.45, 2.75) is 30.7 Å². The molecule has 156 valence electrons. The van der Waals surface area contributed by atoms with E-state index in [-0.39, 0.29) is 16.8 Å². The van der Waals surface area contributed by atoms with Gasteiger partial charge in [0.15, 0.2) is 0 Å². The van der Waals surface area contributed by atoms with Crippen LogP contribution >= 0.6 is 0 Å². The highest BCUT2D eigenvalue weighted by atomic mass is 32.2. The maximum Gasteiger partial charge on any atom is 0.253 e. The van der Waals surface area contributed by atoms with Crippen LogP contribution in [0.2, 0.25) is 0 Å². The number of nitrogens with one attached hydrogen (secondary N) is 1. The van der Waals surface area contributed by atoms with Crippen molar-refractivity contribution in [3.8, 4) is 0 Å². The Bertz CT molecular complexity index is 787. The molecule has 0 spiro atoms. The average Bonchev–Trinajstić information content (AvgIpc) is 3.23. The van der Waals surface area contributed by atoms with Crippen LogP contribution in [0.15, 0.2) is 23.1 Å². The molecule has 1 aromatic carbocycles. The number of benzene rings is 1. The van der Waals surface area contributed by atoms with Gasteiger partial charge in [0.2, 0.25) is 10.0 Å². The monoisotopic (exact) mass is 411 g/mol. The first-order valence-corrected chi connectivity index (χ1v) is 11.1. The van der Waals surface area contributed by atoms with E-state index < -0.39 is 10.0 Å². The quantitative estimate of drug-likeness (QED) is 0.722. The van der Waals surface area contributed by atoms with Gasteiger partial charge >= 0.3 is 0 Å². The van der Waals surface area contributed by atoms with E-state index in [4.69, 9.17) is 9.47 Å². The number of sulfonamides is 1. The Hall–Kier alpha value is -1.68. The SMILES string of the molecule is COC[C@H](C)NC(=O)c1cc(S(=O)(=O)N2CCOCC2)ccc1N1CCCC1. The summed E-state index contributed by atoms with van der Waals surface area (Å²) >= 11 is 0. The van der Waals surface area contributed by atoms with E-state index in [0.717, 1.165) is 31.6 Å². The van der Waals surface area contributed by atoms with Gasteiger partial charge in [0.25, 0.3) is 5.91 Å². The van der Waals surface area contributed by atoms with E-state index in [9.17, 15) is 13.2 Å². The first kappa shape index (κ1) is 21.0. The Labute approximate surface area is 166 Å². The summed E-state index contributed by atoms with van der Waals surface area (Å²) in [4.78, 5) is 15.2. The number of nitrogens with zero attached hydrogens (tertiary/aromatic N) is 2. The standard InChI is InChI=1S/C19H29N3O5S/c1-15(14-26-2)20-19(23)17-13-16(5-6-18(17)21-7-3-4-8-21)28(24,25)22-9-11-27-12-10-22/h5-6,13,15H,3-4,7-12,14H2,1-2H3,(H,20,23)/t15-/m0/s1. The highest BCUT2D eigenvalue weighted by Crippen LogP contribution is 2.29. The van der Waals surface area contributed by atoms with Crippen LogP contribution in [0, 0.1) is 0 Å². The van der Waals surface area contributed by atoms with E-state index in [1.165, 1.54) is 10.4 Å². The lowest BCUT2D eigenvalue weighted by atomic mass is 10.1. The minimum Gasteiger partial charge on any atom is -0.383 e. The Morgan fingerprint density at radius 2 is 1.89 bits per heavy atom. The van der Waals surface area contributed by atoms with Gasteiger partial charge in [0.1, 0.15) is 0 Å². The molecule has 2 fully saturated rings. The summed E-state index contributed by atoms with van der Waals surface area (Å²) in [6.07, 6.45) is 2.13. The van der Waals surface area contributed by atoms with Crippen molar-refractivity contribution < 1.29 is 22.7 Å². The van der Waals surface area contributed by atoms with Gasteiger partial charge in [-0.1, -0.05) is 0 Å². The van der Waals surface area contributed by atoms with Crippen LogP contribution in [0.5, 0.6) is 0 Å². The molecular weight excluding hydrogens is 382 g/mol. The molecule has 8 nitrogen and oxygen atoms in total. The molecule has 0 unspecified atom stereocenters. The smallest absolute Gasteiger partial charge is 0.253 e. The van der Waals surface area contributed by atoms with Gasteiger partial charge in [0.05, 0.1) is 30.3 Å². The molecule has 0 radical (unpaired) electrons. The number of carbonyl (C=O) groups is 1. The van der Waals surface area contributed by atoms with E-state index >= 15 is 0 Å². The van der Waals surface area contributed by atoms with Crippen molar-refractivity contribution in [1.82, 2.24) is 9.62 Å². The summed E-state index contributed by atoms with van der Waals surface area (Å²) in [5, 5.41) is 2.90. The molecule has 3 rings (SSSR count). The Morgan fingerprint density at radius 3 is 2.54 bits per heavy atom. The zero-order chi connectivity index (χ0) is 20.1. The van der Waals surface area contributed by atoms with Crippen molar-refractivity contribution in [1.29, 1.82) is 0 Å². The van der Waals surface area contributed by atoms with Crippen molar-refractivity contribution in [2.75, 3.05) is 58.0 Å². The second-order valence-electron chi connectivity index (χ2n) is 7.22. The number of anilines is 1. The predicted molar refractivity (Wildman–Crippen MR) is 106 cm³/mol. The second kappa shape index (κ2) is 9.21. The summed E-state index contributed by atoms with van der Waals surface area (Å²) in [7, 11) is -2.09. The highest BCUT2D eigenvalue weighted by Gasteiger charge is 2.29. The van der Waals surface area contributed by atoms with Crippen LogP contribution in [0.25, 0.3) is 0 Å². The molecule has 2 saturated heterocycles. The molecule has 1 N–H and O–H groups in total. The molecule has 28 heavy (non-hydrogen) atoms. The van der Waals surface area contributed by atoms with Crippen LogP contribution in [0.3, 0.4) is 0 Å². The molecule has 0 aliphatic carbocycles. The zero-order valence-corrected chi connectivity index (χ0v) is 17.3. The Balaban J connectivity index is 1.93. The van der Waals surface area contributed by atoms with Gasteiger partial charge in [-0.15, -0.1) is 0 Å². The fourth-order valence-corrected chi connectivity index (χ4v) is 5.06. The molecule has 0 bridgehead atoms. The van der Waals surface area contributed by atoms with E-state index in [1.807, 2.05) is 6.92 Å². The fourth-order valence-electron chi connectivity index (χ4n) is 3.62. The molecule has 9 heteroatoms. The molecular formula is C19H29N3O5S. The highest BCUT2D eigenvalue weighted by molar-refractivity contribution is 7.89. The van der Waals surface area contributed by atoms with Crippen molar-refractivity contribution in [3.05, 3.63) is 23.8 Å². The number of hydrogen-bond donors (Lipinski definition) is 1. The lowest BCUT2D eigenvalue weighted by Gasteiger charge is -2.27. The van der Waals surface area contributed by atoms with Crippen LogP contribution in [-0.2, 0) is 19.5 Å². The largest absolute Gasteiger partial charge is 0.383 e. The van der Waals surface area contributed by atoms with Gasteiger partial charge in [-0.05, 0) is 38.0 Å². The third kappa shape index (κ3) is 4.65. The minimum absolute atomic E-state index is 0.141. The molecule has 0 aromatic heterocycles. The second-order valence-corrected chi connectivity index (χ2v) is 9.16. The summed E-state index contributed by atoms with van der Waals surface area (Å²) in [5.41, 5.74) is 1.17. The molecule has 1 amide bonds. The first-order valence-electron chi connectivity index (χ1n) is 9.70. The molecule has 1 atom stereocenters. The van der Waals surface area contributed by atoms with E-state index in [1.54, 1.807) is 19.2 Å². The summed E-state index contributed by atoms with van der Waals surface area (Å²) in [6.45, 7) is 5.37. The molecule has 0 saturated carbocycles. The van der Waals surface area contributed by atoms with Gasteiger partial charge in [-0.3, -0.25) is 4.79 Å². The summed E-state index contributed by atoms with van der Waals surface area (Å²) in [6, 6.07) is 4.69. The molecule has 1 aromatic rings. The van der Waals surface area contributed by atoms with Gasteiger partial charge in [-0.2, -0.15) is 4.31 Å². The normalized spacial score (nSPS) is 19.6. The number of hydrogen-bond acceptors (Lipinski definition) is 6. The zero-order valence-electron chi connectivity index (χ0n) is 16.5. The third-order valence-electron chi connectivity index (χ3n) is 5.06. The lowest BCUT2D eigenvalue weighted by Crippen LogP contribution is -2.41. The number of methoxy groups -OCH3 is 1. The predicted octanol–water partition coefficient (Wildman–Crippen LogP) is 1.07. The Kier molecular flexibility index (Phi) is 6.92. The van der Waals surface area contributed by atoms with Gasteiger partial charge in [0, 0.05) is 45.0 Å².